The molecule has 2 N–H and O–H groups in total. The summed E-state index contributed by atoms with van der Waals surface area (Å²) in [5.74, 6) is 1.15. The Morgan fingerprint density at radius 1 is 0.388 bits per heavy atom. The lowest BCUT2D eigenvalue weighted by Crippen LogP contribution is -2.06. The number of rotatable bonds is 0. The zero-order valence-electron chi connectivity index (χ0n) is 26.9. The van der Waals surface area contributed by atoms with Crippen molar-refractivity contribution in [3.05, 3.63) is 145 Å². The number of nitrogens with zero attached hydrogens (tertiary/aromatic N) is 2. The highest BCUT2D eigenvalue weighted by Crippen LogP contribution is 2.39. The SMILES string of the molecule is c1ccc2c(c1)Nc1cccc3nc4ccccc4c(c13)CCCCCc1c3ccccc3nc3cccc(c13)Nc1ccccc1OO2. The molecule has 6 nitrogen and oxygen atoms in total. The summed E-state index contributed by atoms with van der Waals surface area (Å²) in [6, 6.07) is 45.3. The minimum Gasteiger partial charge on any atom is -0.352 e. The van der Waals surface area contributed by atoms with E-state index >= 15 is 0 Å². The Kier molecular flexibility index (Phi) is 7.39. The van der Waals surface area contributed by atoms with Gasteiger partial charge in [0.05, 0.1) is 33.4 Å². The minimum atomic E-state index is 0.575. The average molecular weight is 639 g/mol. The van der Waals surface area contributed by atoms with Crippen molar-refractivity contribution in [1.29, 1.82) is 0 Å². The molecule has 0 radical (unpaired) electrons. The van der Waals surface area contributed by atoms with E-state index in [2.05, 4.69) is 95.6 Å². The Balaban J connectivity index is 1.21. The number of hydrogen-bond acceptors (Lipinski definition) is 6. The molecule has 0 spiro atoms. The molecular weight excluding hydrogens is 604 g/mol. The summed E-state index contributed by atoms with van der Waals surface area (Å²) in [6.07, 6.45) is 5.10. The first kappa shape index (κ1) is 29.0. The lowest BCUT2D eigenvalue weighted by atomic mass is 9.94. The number of aromatic nitrogens is 2. The van der Waals surface area contributed by atoms with Gasteiger partial charge in [-0.05, 0) is 97.5 Å². The summed E-state index contributed by atoms with van der Waals surface area (Å²) in [4.78, 5) is 22.4. The van der Waals surface area contributed by atoms with E-state index in [1.807, 2.05) is 48.5 Å². The van der Waals surface area contributed by atoms with Crippen molar-refractivity contribution >= 4 is 66.4 Å². The van der Waals surface area contributed by atoms with Gasteiger partial charge < -0.3 is 10.6 Å². The van der Waals surface area contributed by atoms with Gasteiger partial charge >= 0.3 is 0 Å². The topological polar surface area (TPSA) is 68.3 Å². The molecule has 9 rings (SSSR count). The van der Waals surface area contributed by atoms with Crippen LogP contribution in [0.2, 0.25) is 0 Å². The fourth-order valence-corrected chi connectivity index (χ4v) is 7.26. The quantitative estimate of drug-likeness (QED) is 0.127. The Morgan fingerprint density at radius 2 is 0.796 bits per heavy atom. The van der Waals surface area contributed by atoms with E-state index in [0.717, 1.165) is 87.7 Å². The van der Waals surface area contributed by atoms with Crippen LogP contribution in [0.1, 0.15) is 30.4 Å². The number of nitrogens with one attached hydrogen (secondary N) is 2. The smallest absolute Gasteiger partial charge is 0.201 e. The van der Waals surface area contributed by atoms with E-state index in [9.17, 15) is 0 Å². The van der Waals surface area contributed by atoms with Crippen molar-refractivity contribution in [2.75, 3.05) is 10.6 Å². The van der Waals surface area contributed by atoms with Gasteiger partial charge in [0.1, 0.15) is 0 Å². The number of pyridine rings is 2. The maximum absolute atomic E-state index is 6.10. The number of para-hydroxylation sites is 6. The molecule has 8 aromatic rings. The molecule has 49 heavy (non-hydrogen) atoms. The summed E-state index contributed by atoms with van der Waals surface area (Å²) in [6.45, 7) is 0. The second-order valence-electron chi connectivity index (χ2n) is 12.6. The van der Waals surface area contributed by atoms with E-state index in [1.54, 1.807) is 0 Å². The molecule has 1 aliphatic heterocycles. The standard InChI is InChI=1S/C43H34N4O2/c1-2-16-30-28-14-4-6-18-32(28)44-36-22-12-24-38(42(30)36)46-34-20-8-10-26-40(34)48-49-41-27-11-9-21-35(41)47-39-25-13-23-37-43(39)31(17-3-1)29-15-5-7-19-33(29)45-37/h4-15,18-27,46-47H,1-3,16-17H2. The fourth-order valence-electron chi connectivity index (χ4n) is 7.26. The van der Waals surface area contributed by atoms with Crippen LogP contribution in [0.3, 0.4) is 0 Å². The lowest BCUT2D eigenvalue weighted by Gasteiger charge is -2.18. The first-order valence-corrected chi connectivity index (χ1v) is 17.0. The van der Waals surface area contributed by atoms with Crippen molar-refractivity contribution in [3.8, 4) is 11.5 Å². The molecule has 238 valence electrons. The highest BCUT2D eigenvalue weighted by Gasteiger charge is 2.18. The first-order valence-electron chi connectivity index (χ1n) is 17.0. The van der Waals surface area contributed by atoms with Gasteiger partial charge in [0, 0.05) is 32.9 Å². The predicted molar refractivity (Wildman–Crippen MR) is 200 cm³/mol. The number of anilines is 4. The van der Waals surface area contributed by atoms with Gasteiger partial charge in [0.15, 0.2) is 0 Å². The van der Waals surface area contributed by atoms with Crippen molar-refractivity contribution in [1.82, 2.24) is 9.97 Å². The maximum Gasteiger partial charge on any atom is 0.201 e. The fraction of sp³-hybridized carbons (Fsp3) is 0.116. The van der Waals surface area contributed by atoms with Gasteiger partial charge in [0.25, 0.3) is 0 Å². The summed E-state index contributed by atoms with van der Waals surface area (Å²) in [5, 5.41) is 12.0. The van der Waals surface area contributed by atoms with Crippen molar-refractivity contribution in [2.24, 2.45) is 0 Å². The van der Waals surface area contributed by atoms with Gasteiger partial charge in [-0.25, -0.2) is 9.97 Å². The lowest BCUT2D eigenvalue weighted by molar-refractivity contribution is -0.0984. The Morgan fingerprint density at radius 3 is 1.31 bits per heavy atom. The van der Waals surface area contributed by atoms with Crippen LogP contribution in [-0.2, 0) is 12.8 Å². The molecule has 6 aromatic carbocycles. The molecule has 0 fully saturated rings. The molecule has 0 amide bonds. The third-order valence-electron chi connectivity index (χ3n) is 9.52. The van der Waals surface area contributed by atoms with Crippen LogP contribution in [0.15, 0.2) is 133 Å². The number of hydrogen-bond donors (Lipinski definition) is 2. The summed E-state index contributed by atoms with van der Waals surface area (Å²) in [7, 11) is 0. The first-order chi connectivity index (χ1) is 24.3. The molecule has 0 unspecified atom stereocenters. The van der Waals surface area contributed by atoms with Gasteiger partial charge in [0.2, 0.25) is 11.5 Å². The van der Waals surface area contributed by atoms with Crippen LogP contribution in [0.4, 0.5) is 22.7 Å². The largest absolute Gasteiger partial charge is 0.352 e. The minimum absolute atomic E-state index is 0.575. The third-order valence-corrected chi connectivity index (χ3v) is 9.52. The van der Waals surface area contributed by atoms with Gasteiger partial charge in [-0.3, -0.25) is 9.78 Å². The van der Waals surface area contributed by atoms with Crippen LogP contribution in [0.5, 0.6) is 11.5 Å². The average Bonchev–Trinajstić information content (AvgIpc) is 3.14. The van der Waals surface area contributed by atoms with Crippen LogP contribution in [0, 0.1) is 0 Å². The van der Waals surface area contributed by atoms with E-state index in [4.69, 9.17) is 19.7 Å². The van der Waals surface area contributed by atoms with Gasteiger partial charge in [-0.1, -0.05) is 79.2 Å². The molecular formula is C43H34N4O2. The predicted octanol–water partition coefficient (Wildman–Crippen LogP) is 11.2. The van der Waals surface area contributed by atoms with Crippen LogP contribution in [0.25, 0.3) is 43.6 Å². The third kappa shape index (κ3) is 5.41. The normalized spacial score (nSPS) is 13.6. The van der Waals surface area contributed by atoms with Crippen molar-refractivity contribution in [3.63, 3.8) is 0 Å². The molecule has 0 atom stereocenters. The maximum atomic E-state index is 6.10. The molecule has 1 aliphatic rings. The van der Waals surface area contributed by atoms with E-state index < -0.39 is 0 Å². The number of aryl methyl sites for hydroxylation is 2. The Labute approximate surface area is 284 Å². The van der Waals surface area contributed by atoms with E-state index in [1.165, 1.54) is 21.9 Å². The van der Waals surface area contributed by atoms with Crippen LogP contribution >= 0.6 is 0 Å². The molecule has 0 saturated heterocycles. The summed E-state index contributed by atoms with van der Waals surface area (Å²) >= 11 is 0. The number of fused-ring (bicyclic) bond motifs is 6. The summed E-state index contributed by atoms with van der Waals surface area (Å²) in [5.41, 5.74) is 10.2. The van der Waals surface area contributed by atoms with Crippen molar-refractivity contribution < 1.29 is 9.78 Å². The highest BCUT2D eigenvalue weighted by molar-refractivity contribution is 6.05. The molecule has 6 heteroatoms. The van der Waals surface area contributed by atoms with Crippen molar-refractivity contribution in [2.45, 2.75) is 32.1 Å². The van der Waals surface area contributed by atoms with E-state index in [0.29, 0.717) is 11.5 Å². The molecule has 2 aromatic heterocycles. The van der Waals surface area contributed by atoms with Crippen LogP contribution < -0.4 is 20.4 Å². The molecule has 0 saturated carbocycles. The Bertz CT molecular complexity index is 2340. The van der Waals surface area contributed by atoms with Gasteiger partial charge in [-0.15, -0.1) is 0 Å². The highest BCUT2D eigenvalue weighted by atomic mass is 17.2. The zero-order chi connectivity index (χ0) is 32.6. The number of benzene rings is 6. The Hall–Kier alpha value is -6.14. The van der Waals surface area contributed by atoms with E-state index in [-0.39, 0.29) is 0 Å². The van der Waals surface area contributed by atoms with Crippen LogP contribution in [-0.4, -0.2) is 9.97 Å². The molecule has 0 aliphatic carbocycles. The molecule has 0 bridgehead atoms. The molecule has 3 heterocycles. The summed E-state index contributed by atoms with van der Waals surface area (Å²) < 4.78 is 0. The monoisotopic (exact) mass is 638 g/mol. The zero-order valence-corrected chi connectivity index (χ0v) is 26.9. The second kappa shape index (κ2) is 12.5. The second-order valence-corrected chi connectivity index (χ2v) is 12.6. The van der Waals surface area contributed by atoms with Gasteiger partial charge in [-0.2, -0.15) is 0 Å².